The first-order valence-electron chi connectivity index (χ1n) is 11.6. The summed E-state index contributed by atoms with van der Waals surface area (Å²) in [6.45, 7) is 6.83. The summed E-state index contributed by atoms with van der Waals surface area (Å²) in [5, 5.41) is 12.3. The van der Waals surface area contributed by atoms with Crippen LogP contribution in [0.4, 0.5) is 0 Å². The minimum Gasteiger partial charge on any atom is -0.461 e. The molecule has 2 heterocycles. The first-order chi connectivity index (χ1) is 14.9. The molecule has 4 nitrogen and oxygen atoms in total. The Bertz CT molecular complexity index is 923. The Morgan fingerprint density at radius 2 is 2.03 bits per heavy atom. The second kappa shape index (κ2) is 8.06. The van der Waals surface area contributed by atoms with Crippen LogP contribution in [-0.2, 0) is 9.53 Å². The average molecular weight is 442 g/mol. The number of aliphatic hydroxyl groups excluding tert-OH is 1. The van der Waals surface area contributed by atoms with Gasteiger partial charge in [0.15, 0.2) is 0 Å². The van der Waals surface area contributed by atoms with Gasteiger partial charge < -0.3 is 9.84 Å². The largest absolute Gasteiger partial charge is 0.461 e. The summed E-state index contributed by atoms with van der Waals surface area (Å²) in [5.41, 5.74) is 3.60. The molecule has 2 aliphatic carbocycles. The molecule has 1 saturated carbocycles. The lowest BCUT2D eigenvalue weighted by molar-refractivity contribution is -0.145. The molecule has 1 aromatic carbocycles. The van der Waals surface area contributed by atoms with Gasteiger partial charge in [0.2, 0.25) is 0 Å². The molecular weight excluding hydrogens is 410 g/mol. The predicted molar refractivity (Wildman–Crippen MR) is 123 cm³/mol. The lowest BCUT2D eigenvalue weighted by atomic mass is 9.55. The summed E-state index contributed by atoms with van der Waals surface area (Å²) >= 11 is 6.02. The van der Waals surface area contributed by atoms with Crippen molar-refractivity contribution in [3.63, 3.8) is 0 Å². The second-order valence-corrected chi connectivity index (χ2v) is 10.5. The highest BCUT2D eigenvalue weighted by molar-refractivity contribution is 6.30. The van der Waals surface area contributed by atoms with Crippen LogP contribution in [0.2, 0.25) is 5.02 Å². The van der Waals surface area contributed by atoms with Crippen LogP contribution < -0.4 is 0 Å². The third kappa shape index (κ3) is 3.57. The van der Waals surface area contributed by atoms with Gasteiger partial charge in [0, 0.05) is 42.4 Å². The molecule has 0 unspecified atom stereocenters. The van der Waals surface area contributed by atoms with Gasteiger partial charge in [-0.25, -0.2) is 0 Å². The molecule has 1 N–H and O–H groups in total. The molecule has 31 heavy (non-hydrogen) atoms. The molecule has 0 aromatic heterocycles. The molecular formula is C26H32ClNO3. The standard InChI is InChI=1S/C26H32ClNO3/c1-16-4-3-5-19-14-22-23(24(29)26(16,19)2)21(25(30)31-22)15-28-12-10-18(11-13-28)17-6-8-20(27)9-7-17/h5-10,16,21-24,29H,3-4,11-15H2,1-2H3/t16-,21-,22-,23-,24-,26-/m1/s1. The van der Waals surface area contributed by atoms with Gasteiger partial charge in [-0.2, -0.15) is 0 Å². The number of benzene rings is 1. The van der Waals surface area contributed by atoms with Crippen molar-refractivity contribution >= 4 is 23.1 Å². The Balaban J connectivity index is 1.31. The van der Waals surface area contributed by atoms with Crippen LogP contribution in [0.15, 0.2) is 42.0 Å². The molecule has 0 spiro atoms. The maximum absolute atomic E-state index is 12.9. The first-order valence-corrected chi connectivity index (χ1v) is 12.0. The van der Waals surface area contributed by atoms with E-state index in [9.17, 15) is 9.90 Å². The Labute approximate surface area is 189 Å². The number of hydrogen-bond donors (Lipinski definition) is 1. The number of aliphatic hydroxyl groups is 1. The number of carbonyl (C=O) groups excluding carboxylic acids is 1. The molecule has 0 radical (unpaired) electrons. The predicted octanol–water partition coefficient (Wildman–Crippen LogP) is 4.71. The van der Waals surface area contributed by atoms with E-state index in [1.54, 1.807) is 0 Å². The summed E-state index contributed by atoms with van der Waals surface area (Å²) < 4.78 is 5.83. The highest BCUT2D eigenvalue weighted by atomic mass is 35.5. The number of allylic oxidation sites excluding steroid dienone is 1. The molecule has 4 aliphatic rings. The van der Waals surface area contributed by atoms with Crippen LogP contribution in [0.1, 0.15) is 45.1 Å². The number of esters is 1. The summed E-state index contributed by atoms with van der Waals surface area (Å²) in [6.07, 6.45) is 7.72. The topological polar surface area (TPSA) is 49.8 Å². The molecule has 166 valence electrons. The van der Waals surface area contributed by atoms with Crippen molar-refractivity contribution < 1.29 is 14.6 Å². The molecule has 2 aliphatic heterocycles. The molecule has 0 amide bonds. The van der Waals surface area contributed by atoms with Gasteiger partial charge in [-0.1, -0.05) is 55.3 Å². The highest BCUT2D eigenvalue weighted by Crippen LogP contribution is 2.56. The van der Waals surface area contributed by atoms with E-state index in [2.05, 4.69) is 43.0 Å². The van der Waals surface area contributed by atoms with Gasteiger partial charge in [0.1, 0.15) is 6.10 Å². The van der Waals surface area contributed by atoms with E-state index in [4.69, 9.17) is 16.3 Å². The highest BCUT2D eigenvalue weighted by Gasteiger charge is 2.59. The van der Waals surface area contributed by atoms with E-state index in [1.807, 2.05) is 12.1 Å². The fourth-order valence-electron chi connectivity index (χ4n) is 6.36. The molecule has 0 bridgehead atoms. The number of ether oxygens (including phenoxy) is 1. The van der Waals surface area contributed by atoms with Crippen LogP contribution in [0.5, 0.6) is 0 Å². The Kier molecular flexibility index (Phi) is 5.52. The molecule has 1 aromatic rings. The van der Waals surface area contributed by atoms with Gasteiger partial charge >= 0.3 is 5.97 Å². The van der Waals surface area contributed by atoms with Crippen molar-refractivity contribution in [2.24, 2.45) is 23.2 Å². The van der Waals surface area contributed by atoms with Gasteiger partial charge in [-0.15, -0.1) is 0 Å². The summed E-state index contributed by atoms with van der Waals surface area (Å²) in [5.74, 6) is -0.0773. The van der Waals surface area contributed by atoms with Crippen LogP contribution in [0.25, 0.3) is 5.57 Å². The third-order valence-corrected chi connectivity index (χ3v) is 8.79. The van der Waals surface area contributed by atoms with Crippen LogP contribution in [0.3, 0.4) is 0 Å². The lowest BCUT2D eigenvalue weighted by Crippen LogP contribution is -2.54. The fraction of sp³-hybridized carbons (Fsp3) is 0.577. The molecule has 1 saturated heterocycles. The van der Waals surface area contributed by atoms with Gasteiger partial charge in [0.25, 0.3) is 0 Å². The van der Waals surface area contributed by atoms with Crippen molar-refractivity contribution in [3.8, 4) is 0 Å². The van der Waals surface area contributed by atoms with Crippen molar-refractivity contribution in [2.45, 2.75) is 51.7 Å². The normalized spacial score (nSPS) is 38.1. The molecule has 2 fully saturated rings. The van der Waals surface area contributed by atoms with E-state index in [0.29, 0.717) is 12.5 Å². The van der Waals surface area contributed by atoms with Crippen LogP contribution >= 0.6 is 11.6 Å². The molecule has 6 atom stereocenters. The number of rotatable bonds is 3. The average Bonchev–Trinajstić information content (AvgIpc) is 3.07. The fourth-order valence-corrected chi connectivity index (χ4v) is 6.48. The van der Waals surface area contributed by atoms with Gasteiger partial charge in [-0.3, -0.25) is 9.69 Å². The minimum atomic E-state index is -0.533. The smallest absolute Gasteiger partial charge is 0.311 e. The quantitative estimate of drug-likeness (QED) is 0.545. The zero-order valence-corrected chi connectivity index (χ0v) is 19.1. The SMILES string of the molecule is C[C@@H]1CCC=C2C[C@H]3OC(=O)[C@H](CN4CC=C(c5ccc(Cl)cc5)CC4)[C@H]3[C@@H](O)[C@@]21C. The number of hydrogen-bond acceptors (Lipinski definition) is 4. The van der Waals surface area contributed by atoms with E-state index < -0.39 is 6.10 Å². The first kappa shape index (κ1) is 21.2. The molecule has 5 rings (SSSR count). The summed E-state index contributed by atoms with van der Waals surface area (Å²) in [6, 6.07) is 7.99. The second-order valence-electron chi connectivity index (χ2n) is 10.0. The minimum absolute atomic E-state index is 0.114. The van der Waals surface area contributed by atoms with E-state index >= 15 is 0 Å². The Morgan fingerprint density at radius 3 is 2.74 bits per heavy atom. The maximum atomic E-state index is 12.9. The van der Waals surface area contributed by atoms with E-state index in [-0.39, 0.29) is 29.3 Å². The van der Waals surface area contributed by atoms with Crippen molar-refractivity contribution in [3.05, 3.63) is 52.6 Å². The van der Waals surface area contributed by atoms with Crippen LogP contribution in [0, 0.1) is 23.2 Å². The monoisotopic (exact) mass is 441 g/mol. The maximum Gasteiger partial charge on any atom is 0.311 e. The third-order valence-electron chi connectivity index (χ3n) is 8.53. The Hall–Kier alpha value is -1.62. The van der Waals surface area contributed by atoms with Gasteiger partial charge in [0.05, 0.1) is 12.0 Å². The lowest BCUT2D eigenvalue weighted by Gasteiger charge is -2.52. The number of halogens is 1. The summed E-state index contributed by atoms with van der Waals surface area (Å²) in [7, 11) is 0. The number of fused-ring (bicyclic) bond motifs is 2. The van der Waals surface area contributed by atoms with Gasteiger partial charge in [-0.05, 0) is 48.4 Å². The van der Waals surface area contributed by atoms with Crippen molar-refractivity contribution in [1.82, 2.24) is 4.90 Å². The summed E-state index contributed by atoms with van der Waals surface area (Å²) in [4.78, 5) is 15.2. The van der Waals surface area contributed by atoms with E-state index in [1.165, 1.54) is 16.7 Å². The number of carbonyl (C=O) groups is 1. The van der Waals surface area contributed by atoms with E-state index in [0.717, 1.165) is 43.8 Å². The zero-order valence-electron chi connectivity index (χ0n) is 18.4. The molecule has 5 heteroatoms. The Morgan fingerprint density at radius 1 is 1.26 bits per heavy atom. The van der Waals surface area contributed by atoms with Crippen molar-refractivity contribution in [2.75, 3.05) is 19.6 Å². The number of nitrogens with zero attached hydrogens (tertiary/aromatic N) is 1. The zero-order chi connectivity index (χ0) is 21.8. The van der Waals surface area contributed by atoms with Crippen LogP contribution in [-0.4, -0.2) is 47.8 Å². The van der Waals surface area contributed by atoms with Crippen molar-refractivity contribution in [1.29, 1.82) is 0 Å².